The fourth-order valence-corrected chi connectivity index (χ4v) is 4.88. The van der Waals surface area contributed by atoms with E-state index >= 15 is 0 Å². The highest BCUT2D eigenvalue weighted by Gasteiger charge is 2.44. The number of ether oxygens (including phenoxy) is 1. The number of likely N-dealkylation sites (N-methyl/N-ethyl adjacent to an activating group) is 1. The summed E-state index contributed by atoms with van der Waals surface area (Å²) in [6, 6.07) is -0.336. The Morgan fingerprint density at radius 3 is 2.18 bits per heavy atom. The summed E-state index contributed by atoms with van der Waals surface area (Å²) in [7, 11) is 1.91. The highest BCUT2D eigenvalue weighted by Crippen LogP contribution is 2.31. The predicted molar refractivity (Wildman–Crippen MR) is 111 cm³/mol. The maximum absolute atomic E-state index is 12.6. The Bertz CT molecular complexity index is 507. The van der Waals surface area contributed by atoms with E-state index in [-0.39, 0.29) is 29.8 Å². The smallest absolute Gasteiger partial charge is 0.309 e. The lowest BCUT2D eigenvalue weighted by atomic mass is 9.82. The molecule has 28 heavy (non-hydrogen) atoms. The molecule has 0 aliphatic carbocycles. The minimum absolute atomic E-state index is 0.165. The van der Waals surface area contributed by atoms with Gasteiger partial charge in [-0.1, -0.05) is 27.7 Å². The molecular formula is C22H43NO5. The summed E-state index contributed by atoms with van der Waals surface area (Å²) < 4.78 is 5.65. The van der Waals surface area contributed by atoms with Crippen LogP contribution < -0.4 is 0 Å². The average Bonchev–Trinajstić information content (AvgIpc) is 2.55. The number of aliphatic hydroxyl groups is 3. The molecule has 6 heteroatoms. The Hall–Kier alpha value is -0.690. The van der Waals surface area contributed by atoms with Gasteiger partial charge in [0.2, 0.25) is 0 Å². The van der Waals surface area contributed by atoms with Crippen molar-refractivity contribution in [3.05, 3.63) is 0 Å². The fourth-order valence-electron chi connectivity index (χ4n) is 4.88. The Balaban J connectivity index is 3.19. The van der Waals surface area contributed by atoms with E-state index in [0.29, 0.717) is 32.2 Å². The van der Waals surface area contributed by atoms with Crippen molar-refractivity contribution in [2.24, 2.45) is 17.8 Å². The van der Waals surface area contributed by atoms with Crippen LogP contribution in [-0.4, -0.2) is 69.2 Å². The molecule has 1 fully saturated rings. The van der Waals surface area contributed by atoms with Gasteiger partial charge in [0.1, 0.15) is 17.8 Å². The van der Waals surface area contributed by atoms with Gasteiger partial charge < -0.3 is 25.0 Å². The van der Waals surface area contributed by atoms with Gasteiger partial charge in [-0.25, -0.2) is 0 Å². The van der Waals surface area contributed by atoms with Crippen LogP contribution in [0.5, 0.6) is 0 Å². The van der Waals surface area contributed by atoms with E-state index in [1.807, 2.05) is 46.6 Å². The number of esters is 1. The third-order valence-electron chi connectivity index (χ3n) is 6.37. The first kappa shape index (κ1) is 25.3. The van der Waals surface area contributed by atoms with Crippen molar-refractivity contribution in [3.63, 3.8) is 0 Å². The Labute approximate surface area is 171 Å². The van der Waals surface area contributed by atoms with Crippen molar-refractivity contribution in [1.29, 1.82) is 0 Å². The van der Waals surface area contributed by atoms with E-state index in [9.17, 15) is 20.1 Å². The minimum Gasteiger partial charge on any atom is -0.459 e. The molecule has 1 aliphatic rings. The molecule has 6 nitrogen and oxygen atoms in total. The monoisotopic (exact) mass is 401 g/mol. The van der Waals surface area contributed by atoms with E-state index in [1.165, 1.54) is 0 Å². The first-order chi connectivity index (χ1) is 12.7. The van der Waals surface area contributed by atoms with Crippen LogP contribution in [-0.2, 0) is 9.53 Å². The molecule has 0 aromatic heterocycles. The SMILES string of the molecule is CC[C@H]1OC(=O)C(C)C[C@H](C)C[C@](C)(O)C[C@@H](C)CN(C)C(C)C(O)[C@]1(C)O. The largest absolute Gasteiger partial charge is 0.459 e. The lowest BCUT2D eigenvalue weighted by Crippen LogP contribution is -2.58. The van der Waals surface area contributed by atoms with Gasteiger partial charge in [-0.05, 0) is 65.3 Å². The van der Waals surface area contributed by atoms with Crippen LogP contribution >= 0.6 is 0 Å². The molecule has 1 rings (SSSR count). The summed E-state index contributed by atoms with van der Waals surface area (Å²) in [5, 5.41) is 32.8. The number of hydrogen-bond donors (Lipinski definition) is 3. The van der Waals surface area contributed by atoms with Crippen molar-refractivity contribution < 1.29 is 24.9 Å². The number of cyclic esters (lactones) is 1. The van der Waals surface area contributed by atoms with Gasteiger partial charge in [0.15, 0.2) is 0 Å². The summed E-state index contributed by atoms with van der Waals surface area (Å²) >= 11 is 0. The second kappa shape index (κ2) is 9.88. The second-order valence-electron chi connectivity index (χ2n) is 9.94. The van der Waals surface area contributed by atoms with E-state index < -0.39 is 23.4 Å². The highest BCUT2D eigenvalue weighted by molar-refractivity contribution is 5.72. The third kappa shape index (κ3) is 6.68. The summed E-state index contributed by atoms with van der Waals surface area (Å²) in [6.45, 7) is 13.8. The number of rotatable bonds is 1. The summed E-state index contributed by atoms with van der Waals surface area (Å²) in [5.74, 6) is -0.322. The maximum Gasteiger partial charge on any atom is 0.309 e. The van der Waals surface area contributed by atoms with Gasteiger partial charge >= 0.3 is 5.97 Å². The molecule has 3 N–H and O–H groups in total. The van der Waals surface area contributed by atoms with Crippen LogP contribution in [0.2, 0.25) is 0 Å². The van der Waals surface area contributed by atoms with Gasteiger partial charge in [-0.3, -0.25) is 4.79 Å². The molecule has 8 atom stereocenters. The van der Waals surface area contributed by atoms with Gasteiger partial charge in [-0.15, -0.1) is 0 Å². The van der Waals surface area contributed by atoms with Crippen LogP contribution in [0.1, 0.15) is 74.1 Å². The maximum atomic E-state index is 12.6. The van der Waals surface area contributed by atoms with E-state index in [1.54, 1.807) is 6.92 Å². The van der Waals surface area contributed by atoms with Crippen LogP contribution in [0, 0.1) is 17.8 Å². The normalized spacial score (nSPS) is 45.8. The first-order valence-corrected chi connectivity index (χ1v) is 10.7. The summed E-state index contributed by atoms with van der Waals surface area (Å²) in [5.41, 5.74) is -2.37. The zero-order valence-electron chi connectivity index (χ0n) is 19.1. The van der Waals surface area contributed by atoms with Crippen LogP contribution in [0.4, 0.5) is 0 Å². The Kier molecular flexibility index (Phi) is 8.94. The number of carbonyl (C=O) groups is 1. The van der Waals surface area contributed by atoms with Gasteiger partial charge in [-0.2, -0.15) is 0 Å². The molecule has 0 aromatic carbocycles. The Morgan fingerprint density at radius 1 is 1.11 bits per heavy atom. The summed E-state index contributed by atoms with van der Waals surface area (Å²) in [4.78, 5) is 14.6. The van der Waals surface area contributed by atoms with E-state index in [4.69, 9.17) is 4.74 Å². The molecule has 0 bridgehead atoms. The molecule has 1 heterocycles. The molecular weight excluding hydrogens is 358 g/mol. The van der Waals surface area contributed by atoms with Crippen LogP contribution in [0.25, 0.3) is 0 Å². The average molecular weight is 402 g/mol. The zero-order chi connectivity index (χ0) is 21.9. The number of aliphatic hydroxyl groups excluding tert-OH is 1. The van der Waals surface area contributed by atoms with Crippen molar-refractivity contribution >= 4 is 5.97 Å². The molecule has 0 amide bonds. The topological polar surface area (TPSA) is 90.2 Å². The van der Waals surface area contributed by atoms with Crippen molar-refractivity contribution in [2.45, 2.75) is 104 Å². The number of hydrogen-bond acceptors (Lipinski definition) is 6. The van der Waals surface area contributed by atoms with Crippen molar-refractivity contribution in [3.8, 4) is 0 Å². The lowest BCUT2D eigenvalue weighted by Gasteiger charge is -2.42. The summed E-state index contributed by atoms with van der Waals surface area (Å²) in [6.07, 6.45) is 0.417. The number of carbonyl (C=O) groups excluding carboxylic acids is 1. The van der Waals surface area contributed by atoms with E-state index in [0.717, 1.165) is 0 Å². The molecule has 0 radical (unpaired) electrons. The zero-order valence-corrected chi connectivity index (χ0v) is 19.1. The van der Waals surface area contributed by atoms with E-state index in [2.05, 4.69) is 6.92 Å². The standard InChI is InChI=1S/C22H43NO5/c1-9-18-22(7,27)19(24)17(5)23(8)13-15(3)12-21(6,26)11-14(2)10-16(4)20(25)28-18/h14-19,24,26-27H,9-13H2,1-8H3/t14-,15+,16?,17?,18+,19?,21-,22+/m0/s1. The fraction of sp³-hybridized carbons (Fsp3) is 0.955. The highest BCUT2D eigenvalue weighted by atomic mass is 16.6. The molecule has 0 saturated carbocycles. The first-order valence-electron chi connectivity index (χ1n) is 10.7. The quantitative estimate of drug-likeness (QED) is 0.585. The third-order valence-corrected chi connectivity index (χ3v) is 6.37. The van der Waals surface area contributed by atoms with Crippen LogP contribution in [0.3, 0.4) is 0 Å². The van der Waals surface area contributed by atoms with Gasteiger partial charge in [0.25, 0.3) is 0 Å². The van der Waals surface area contributed by atoms with Crippen molar-refractivity contribution in [2.75, 3.05) is 13.6 Å². The molecule has 1 saturated heterocycles. The predicted octanol–water partition coefficient (Wildman–Crippen LogP) is 2.58. The lowest BCUT2D eigenvalue weighted by molar-refractivity contribution is -0.189. The van der Waals surface area contributed by atoms with Crippen molar-refractivity contribution in [1.82, 2.24) is 4.90 Å². The molecule has 0 aromatic rings. The van der Waals surface area contributed by atoms with Crippen LogP contribution in [0.15, 0.2) is 0 Å². The van der Waals surface area contributed by atoms with Gasteiger partial charge in [0.05, 0.1) is 11.5 Å². The molecule has 0 spiro atoms. The molecule has 3 unspecified atom stereocenters. The second-order valence-corrected chi connectivity index (χ2v) is 9.94. The molecule has 1 aliphatic heterocycles. The van der Waals surface area contributed by atoms with Gasteiger partial charge in [0, 0.05) is 12.6 Å². The Morgan fingerprint density at radius 2 is 1.64 bits per heavy atom. The number of nitrogens with zero attached hydrogens (tertiary/aromatic N) is 1. The molecule has 166 valence electrons. The minimum atomic E-state index is -1.56.